The predicted molar refractivity (Wildman–Crippen MR) is 87.7 cm³/mol. The SMILES string of the molecule is CCC(=O)N1CCCN(S(=O)(=O)c2ccc3c(c2)OCCO3)CC1. The molecule has 0 radical (unpaired) electrons. The molecule has 1 amide bonds. The largest absolute Gasteiger partial charge is 0.486 e. The van der Waals surface area contributed by atoms with E-state index in [1.165, 1.54) is 10.4 Å². The van der Waals surface area contributed by atoms with E-state index in [0.29, 0.717) is 63.7 Å². The second-order valence-corrected chi connectivity index (χ2v) is 7.74. The Kier molecular flexibility index (Phi) is 4.96. The van der Waals surface area contributed by atoms with Crippen molar-refractivity contribution in [2.75, 3.05) is 39.4 Å². The van der Waals surface area contributed by atoms with Gasteiger partial charge in [0.1, 0.15) is 13.2 Å². The Morgan fingerprint density at radius 2 is 1.83 bits per heavy atom. The molecule has 1 saturated heterocycles. The van der Waals surface area contributed by atoms with Crippen molar-refractivity contribution in [3.63, 3.8) is 0 Å². The maximum absolute atomic E-state index is 12.9. The van der Waals surface area contributed by atoms with Crippen molar-refractivity contribution >= 4 is 15.9 Å². The molecule has 0 aromatic heterocycles. The fourth-order valence-electron chi connectivity index (χ4n) is 2.94. The topological polar surface area (TPSA) is 76.2 Å². The first kappa shape index (κ1) is 17.0. The number of carbonyl (C=O) groups excluding carboxylic acids is 1. The van der Waals surface area contributed by atoms with Gasteiger partial charge < -0.3 is 14.4 Å². The van der Waals surface area contributed by atoms with Crippen LogP contribution in [-0.2, 0) is 14.8 Å². The molecule has 0 N–H and O–H groups in total. The van der Waals surface area contributed by atoms with Gasteiger partial charge in [0.25, 0.3) is 0 Å². The number of fused-ring (bicyclic) bond motifs is 1. The summed E-state index contributed by atoms with van der Waals surface area (Å²) in [4.78, 5) is 13.8. The summed E-state index contributed by atoms with van der Waals surface area (Å²) >= 11 is 0. The van der Waals surface area contributed by atoms with Crippen molar-refractivity contribution in [3.05, 3.63) is 18.2 Å². The van der Waals surface area contributed by atoms with Gasteiger partial charge in [-0.05, 0) is 18.6 Å². The van der Waals surface area contributed by atoms with Crippen LogP contribution in [-0.4, -0.2) is 62.9 Å². The first-order valence-electron chi connectivity index (χ1n) is 8.20. The van der Waals surface area contributed by atoms with Gasteiger partial charge in [0.05, 0.1) is 4.90 Å². The molecule has 24 heavy (non-hydrogen) atoms. The molecule has 0 aliphatic carbocycles. The van der Waals surface area contributed by atoms with E-state index < -0.39 is 10.0 Å². The minimum absolute atomic E-state index is 0.0635. The van der Waals surface area contributed by atoms with Gasteiger partial charge in [-0.1, -0.05) is 6.92 Å². The molecule has 1 aromatic rings. The molecule has 2 aliphatic heterocycles. The van der Waals surface area contributed by atoms with E-state index in [4.69, 9.17) is 9.47 Å². The lowest BCUT2D eigenvalue weighted by Crippen LogP contribution is -2.37. The molecular weight excluding hydrogens is 332 g/mol. The van der Waals surface area contributed by atoms with Gasteiger partial charge in [-0.15, -0.1) is 0 Å². The minimum atomic E-state index is -3.61. The summed E-state index contributed by atoms with van der Waals surface area (Å²) in [5.41, 5.74) is 0. The maximum atomic E-state index is 12.9. The quantitative estimate of drug-likeness (QED) is 0.812. The highest BCUT2D eigenvalue weighted by Crippen LogP contribution is 2.33. The molecule has 132 valence electrons. The van der Waals surface area contributed by atoms with Gasteiger partial charge in [-0.2, -0.15) is 4.31 Å². The Hall–Kier alpha value is -1.80. The molecule has 8 heteroatoms. The van der Waals surface area contributed by atoms with Crippen LogP contribution in [0.25, 0.3) is 0 Å². The number of amides is 1. The van der Waals surface area contributed by atoms with Crippen LogP contribution in [0.3, 0.4) is 0 Å². The molecule has 0 atom stereocenters. The van der Waals surface area contributed by atoms with Gasteiger partial charge in [-0.25, -0.2) is 8.42 Å². The van der Waals surface area contributed by atoms with Crippen LogP contribution in [0, 0.1) is 0 Å². The van der Waals surface area contributed by atoms with Crippen molar-refractivity contribution in [1.29, 1.82) is 0 Å². The number of nitrogens with zero attached hydrogens (tertiary/aromatic N) is 2. The molecule has 1 aromatic carbocycles. The summed E-state index contributed by atoms with van der Waals surface area (Å²) in [7, 11) is -3.61. The third kappa shape index (κ3) is 3.34. The number of sulfonamides is 1. The summed E-state index contributed by atoms with van der Waals surface area (Å²) in [6, 6.07) is 4.69. The number of hydrogen-bond donors (Lipinski definition) is 0. The molecule has 0 unspecified atom stereocenters. The van der Waals surface area contributed by atoms with Crippen molar-refractivity contribution in [3.8, 4) is 11.5 Å². The lowest BCUT2D eigenvalue weighted by molar-refractivity contribution is -0.130. The second-order valence-electron chi connectivity index (χ2n) is 5.80. The normalized spacial score (nSPS) is 19.0. The third-order valence-electron chi connectivity index (χ3n) is 4.26. The second kappa shape index (κ2) is 6.98. The zero-order valence-electron chi connectivity index (χ0n) is 13.7. The lowest BCUT2D eigenvalue weighted by Gasteiger charge is -2.23. The standard InChI is InChI=1S/C16H22N2O5S/c1-2-16(19)17-6-3-7-18(9-8-17)24(20,21)13-4-5-14-15(12-13)23-11-10-22-14/h4-5,12H,2-3,6-11H2,1H3. The van der Waals surface area contributed by atoms with Crippen molar-refractivity contribution in [2.24, 2.45) is 0 Å². The summed E-state index contributed by atoms with van der Waals surface area (Å²) < 4.78 is 38.1. The van der Waals surface area contributed by atoms with E-state index in [-0.39, 0.29) is 10.8 Å². The van der Waals surface area contributed by atoms with Crippen molar-refractivity contribution in [2.45, 2.75) is 24.7 Å². The highest BCUT2D eigenvalue weighted by Gasteiger charge is 2.29. The molecule has 2 aliphatic rings. The molecular formula is C16H22N2O5S. The van der Waals surface area contributed by atoms with Gasteiger partial charge >= 0.3 is 0 Å². The van der Waals surface area contributed by atoms with E-state index in [9.17, 15) is 13.2 Å². The monoisotopic (exact) mass is 354 g/mol. The van der Waals surface area contributed by atoms with E-state index >= 15 is 0 Å². The van der Waals surface area contributed by atoms with Crippen LogP contribution < -0.4 is 9.47 Å². The first-order chi connectivity index (χ1) is 11.5. The number of hydrogen-bond acceptors (Lipinski definition) is 5. The van der Waals surface area contributed by atoms with E-state index in [2.05, 4.69) is 0 Å². The summed E-state index contributed by atoms with van der Waals surface area (Å²) in [5, 5.41) is 0. The Morgan fingerprint density at radius 1 is 1.08 bits per heavy atom. The molecule has 0 saturated carbocycles. The molecule has 2 heterocycles. The van der Waals surface area contributed by atoms with E-state index in [1.54, 1.807) is 17.0 Å². The Balaban J connectivity index is 1.79. The Bertz CT molecular complexity index is 719. The first-order valence-corrected chi connectivity index (χ1v) is 9.64. The molecule has 1 fully saturated rings. The predicted octanol–water partition coefficient (Wildman–Crippen LogP) is 1.09. The van der Waals surface area contributed by atoms with E-state index in [0.717, 1.165) is 0 Å². The maximum Gasteiger partial charge on any atom is 0.243 e. The van der Waals surface area contributed by atoms with Crippen LogP contribution in [0.5, 0.6) is 11.5 Å². The number of rotatable bonds is 3. The third-order valence-corrected chi connectivity index (χ3v) is 6.16. The average molecular weight is 354 g/mol. The van der Waals surface area contributed by atoms with Crippen molar-refractivity contribution in [1.82, 2.24) is 9.21 Å². The summed E-state index contributed by atoms with van der Waals surface area (Å²) in [5.74, 6) is 1.09. The van der Waals surface area contributed by atoms with Gasteiger partial charge in [0, 0.05) is 38.7 Å². The highest BCUT2D eigenvalue weighted by atomic mass is 32.2. The van der Waals surface area contributed by atoms with Crippen LogP contribution in [0.1, 0.15) is 19.8 Å². The molecule has 0 bridgehead atoms. The summed E-state index contributed by atoms with van der Waals surface area (Å²) in [6.45, 7) is 4.43. The minimum Gasteiger partial charge on any atom is -0.486 e. The lowest BCUT2D eigenvalue weighted by atomic mass is 10.3. The Morgan fingerprint density at radius 3 is 2.58 bits per heavy atom. The fourth-order valence-corrected chi connectivity index (χ4v) is 4.43. The van der Waals surface area contributed by atoms with Crippen molar-refractivity contribution < 1.29 is 22.7 Å². The number of ether oxygens (including phenoxy) is 2. The zero-order valence-corrected chi connectivity index (χ0v) is 14.5. The average Bonchev–Trinajstić information content (AvgIpc) is 2.87. The van der Waals surface area contributed by atoms with Crippen LogP contribution in [0.15, 0.2) is 23.1 Å². The molecule has 3 rings (SSSR count). The fraction of sp³-hybridized carbons (Fsp3) is 0.562. The van der Waals surface area contributed by atoms with Gasteiger partial charge in [0.2, 0.25) is 15.9 Å². The molecule has 7 nitrogen and oxygen atoms in total. The number of carbonyl (C=O) groups is 1. The van der Waals surface area contributed by atoms with Gasteiger partial charge in [-0.3, -0.25) is 4.79 Å². The number of benzene rings is 1. The van der Waals surface area contributed by atoms with Crippen LogP contribution in [0.4, 0.5) is 0 Å². The Labute approximate surface area is 142 Å². The molecule has 0 spiro atoms. The van der Waals surface area contributed by atoms with E-state index in [1.807, 2.05) is 6.92 Å². The highest BCUT2D eigenvalue weighted by molar-refractivity contribution is 7.89. The van der Waals surface area contributed by atoms with Crippen LogP contribution in [0.2, 0.25) is 0 Å². The van der Waals surface area contributed by atoms with Crippen LogP contribution >= 0.6 is 0 Å². The van der Waals surface area contributed by atoms with Gasteiger partial charge in [0.15, 0.2) is 11.5 Å². The smallest absolute Gasteiger partial charge is 0.243 e. The zero-order chi connectivity index (χ0) is 17.2. The summed E-state index contributed by atoms with van der Waals surface area (Å²) in [6.07, 6.45) is 1.07.